The molecule has 3 aromatic carbocycles. The summed E-state index contributed by atoms with van der Waals surface area (Å²) in [7, 11) is -4.05. The highest BCUT2D eigenvalue weighted by molar-refractivity contribution is 7.90. The van der Waals surface area contributed by atoms with Crippen molar-refractivity contribution in [2.24, 2.45) is 0 Å². The molecule has 1 aliphatic heterocycles. The summed E-state index contributed by atoms with van der Waals surface area (Å²) < 4.78 is 28.0. The fourth-order valence-electron chi connectivity index (χ4n) is 5.13. The number of aryl methyl sites for hydroxylation is 2. The zero-order chi connectivity index (χ0) is 29.0. The number of sulfonamides is 1. The van der Waals surface area contributed by atoms with Gasteiger partial charge in [-0.15, -0.1) is 0 Å². The first-order chi connectivity index (χ1) is 19.7. The Morgan fingerprint density at radius 1 is 1.00 bits per heavy atom. The molecular weight excluding hydrogens is 556 g/mol. The molecule has 1 N–H and O–H groups in total. The number of aromatic nitrogens is 2. The predicted octanol–water partition coefficient (Wildman–Crippen LogP) is 6.50. The highest BCUT2D eigenvalue weighted by atomic mass is 35.5. The molecule has 0 bridgehead atoms. The van der Waals surface area contributed by atoms with Crippen LogP contribution in [0.3, 0.4) is 0 Å². The number of anilines is 1. The Hall–Kier alpha value is -3.75. The van der Waals surface area contributed by atoms with Gasteiger partial charge in [-0.25, -0.2) is 23.1 Å². The van der Waals surface area contributed by atoms with Gasteiger partial charge in [0.2, 0.25) is 5.95 Å². The van der Waals surface area contributed by atoms with Crippen molar-refractivity contribution in [3.8, 4) is 0 Å². The van der Waals surface area contributed by atoms with E-state index in [1.807, 2.05) is 24.3 Å². The number of hydrogen-bond donors (Lipinski definition) is 1. The van der Waals surface area contributed by atoms with Crippen molar-refractivity contribution in [1.82, 2.24) is 14.7 Å². The summed E-state index contributed by atoms with van der Waals surface area (Å²) in [6.45, 7) is 5.08. The molecule has 4 aromatic rings. The first-order valence-electron chi connectivity index (χ1n) is 13.8. The predicted molar refractivity (Wildman–Crippen MR) is 162 cm³/mol. The molecule has 1 aliphatic rings. The van der Waals surface area contributed by atoms with E-state index in [-0.39, 0.29) is 16.5 Å². The second-order valence-corrected chi connectivity index (χ2v) is 12.7. The van der Waals surface area contributed by atoms with E-state index in [2.05, 4.69) is 52.7 Å². The van der Waals surface area contributed by atoms with Gasteiger partial charge in [-0.05, 0) is 72.6 Å². The summed E-state index contributed by atoms with van der Waals surface area (Å²) in [5, 5.41) is 0.680. The second-order valence-electron chi connectivity index (χ2n) is 10.6. The van der Waals surface area contributed by atoms with Gasteiger partial charge in [0.1, 0.15) is 0 Å². The topological polar surface area (TPSA) is 92.3 Å². The fraction of sp³-hybridized carbons (Fsp3) is 0.281. The summed E-state index contributed by atoms with van der Waals surface area (Å²) >= 11 is 6.11. The Labute approximate surface area is 246 Å². The van der Waals surface area contributed by atoms with Gasteiger partial charge < -0.3 is 4.90 Å². The van der Waals surface area contributed by atoms with Crippen molar-refractivity contribution in [1.29, 1.82) is 0 Å². The van der Waals surface area contributed by atoms with E-state index in [1.54, 1.807) is 18.2 Å². The van der Waals surface area contributed by atoms with Gasteiger partial charge in [-0.3, -0.25) is 4.79 Å². The van der Waals surface area contributed by atoms with E-state index in [1.165, 1.54) is 23.9 Å². The maximum atomic E-state index is 13.3. The van der Waals surface area contributed by atoms with Crippen LogP contribution in [-0.2, 0) is 22.9 Å². The lowest BCUT2D eigenvalue weighted by atomic mass is 9.99. The van der Waals surface area contributed by atoms with Crippen LogP contribution in [0.2, 0.25) is 5.02 Å². The number of carbonyl (C=O) groups excluding carboxylic acids is 1. The highest BCUT2D eigenvalue weighted by Crippen LogP contribution is 2.35. The summed E-state index contributed by atoms with van der Waals surface area (Å²) in [5.74, 6) is 0.209. The Kier molecular flexibility index (Phi) is 8.71. The van der Waals surface area contributed by atoms with Crippen LogP contribution >= 0.6 is 11.6 Å². The number of amides is 1. The third-order valence-corrected chi connectivity index (χ3v) is 9.04. The van der Waals surface area contributed by atoms with Gasteiger partial charge in [0.05, 0.1) is 22.2 Å². The fourth-order valence-corrected chi connectivity index (χ4v) is 6.24. The smallest absolute Gasteiger partial charge is 0.268 e. The maximum Gasteiger partial charge on any atom is 0.268 e. The van der Waals surface area contributed by atoms with Crippen LogP contribution in [0, 0.1) is 0 Å². The molecule has 5 rings (SSSR count). The number of nitrogens with one attached hydrogen (secondary N) is 1. The van der Waals surface area contributed by atoms with Crippen LogP contribution in [-0.4, -0.2) is 30.8 Å². The molecule has 1 atom stereocenters. The van der Waals surface area contributed by atoms with Crippen molar-refractivity contribution in [3.63, 3.8) is 0 Å². The minimum absolute atomic E-state index is 0.0144. The zero-order valence-electron chi connectivity index (χ0n) is 23.1. The molecule has 2 heterocycles. The molecule has 1 saturated heterocycles. The van der Waals surface area contributed by atoms with Crippen LogP contribution in [0.5, 0.6) is 0 Å². The number of benzene rings is 3. The average molecular weight is 589 g/mol. The van der Waals surface area contributed by atoms with Crippen LogP contribution in [0.25, 0.3) is 0 Å². The van der Waals surface area contributed by atoms with Crippen molar-refractivity contribution >= 4 is 33.5 Å². The normalized spacial score (nSPS) is 15.3. The third-order valence-electron chi connectivity index (χ3n) is 7.44. The third kappa shape index (κ3) is 6.77. The Morgan fingerprint density at radius 3 is 2.39 bits per heavy atom. The summed E-state index contributed by atoms with van der Waals surface area (Å²) in [6.07, 6.45) is 4.46. The van der Waals surface area contributed by atoms with Crippen LogP contribution in [0.15, 0.2) is 90.0 Å². The molecule has 0 spiro atoms. The summed E-state index contributed by atoms with van der Waals surface area (Å²) in [4.78, 5) is 24.9. The van der Waals surface area contributed by atoms with E-state index < -0.39 is 15.9 Å². The Balaban J connectivity index is 1.45. The SMILES string of the molecule is CC(C)c1ccc(CCc2nc(N3CCC[C@H]3c3ccc(Cl)cc3)ncc2C(=O)NS(=O)(=O)c2ccccc2)cc1. The van der Waals surface area contributed by atoms with E-state index in [0.717, 1.165) is 30.5 Å². The van der Waals surface area contributed by atoms with Gasteiger partial charge in [0, 0.05) is 17.8 Å². The Morgan fingerprint density at radius 2 is 1.71 bits per heavy atom. The van der Waals surface area contributed by atoms with Crippen molar-refractivity contribution in [2.45, 2.75) is 56.4 Å². The summed E-state index contributed by atoms with van der Waals surface area (Å²) in [5.41, 5.74) is 4.14. The van der Waals surface area contributed by atoms with Gasteiger partial charge in [0.25, 0.3) is 15.9 Å². The number of halogens is 1. The lowest BCUT2D eigenvalue weighted by molar-refractivity contribution is 0.0979. The van der Waals surface area contributed by atoms with E-state index >= 15 is 0 Å². The minimum atomic E-state index is -4.05. The lowest BCUT2D eigenvalue weighted by Crippen LogP contribution is -2.32. The monoisotopic (exact) mass is 588 g/mol. The minimum Gasteiger partial charge on any atom is -0.334 e. The quantitative estimate of drug-likeness (QED) is 0.240. The summed E-state index contributed by atoms with van der Waals surface area (Å²) in [6, 6.07) is 24.1. The number of nitrogens with zero attached hydrogens (tertiary/aromatic N) is 3. The van der Waals surface area contributed by atoms with Gasteiger partial charge in [-0.2, -0.15) is 0 Å². The Bertz CT molecular complexity index is 1610. The van der Waals surface area contributed by atoms with Crippen molar-refractivity contribution in [3.05, 3.63) is 118 Å². The van der Waals surface area contributed by atoms with Crippen molar-refractivity contribution < 1.29 is 13.2 Å². The maximum absolute atomic E-state index is 13.3. The van der Waals surface area contributed by atoms with E-state index in [0.29, 0.717) is 35.4 Å². The molecule has 41 heavy (non-hydrogen) atoms. The molecule has 0 aliphatic carbocycles. The first kappa shape index (κ1) is 28.8. The molecule has 212 valence electrons. The van der Waals surface area contributed by atoms with Crippen molar-refractivity contribution in [2.75, 3.05) is 11.4 Å². The molecule has 1 amide bonds. The van der Waals surface area contributed by atoms with Gasteiger partial charge in [-0.1, -0.05) is 80.0 Å². The van der Waals surface area contributed by atoms with Crippen LogP contribution in [0.4, 0.5) is 5.95 Å². The van der Waals surface area contributed by atoms with E-state index in [4.69, 9.17) is 16.6 Å². The number of hydrogen-bond acceptors (Lipinski definition) is 6. The van der Waals surface area contributed by atoms with Gasteiger partial charge >= 0.3 is 0 Å². The van der Waals surface area contributed by atoms with E-state index in [9.17, 15) is 13.2 Å². The zero-order valence-corrected chi connectivity index (χ0v) is 24.7. The number of rotatable bonds is 9. The largest absolute Gasteiger partial charge is 0.334 e. The molecule has 1 fully saturated rings. The first-order valence-corrected chi connectivity index (χ1v) is 15.7. The molecule has 0 saturated carbocycles. The highest BCUT2D eigenvalue weighted by Gasteiger charge is 2.29. The molecule has 0 radical (unpaired) electrons. The molecule has 9 heteroatoms. The van der Waals surface area contributed by atoms with Crippen LogP contribution in [0.1, 0.15) is 71.4 Å². The standard InChI is InChI=1S/C32H33ClN4O3S/c1-22(2)24-13-10-23(11-14-24)12-19-29-28(31(38)36-41(39,40)27-7-4-3-5-8-27)21-34-32(35-29)37-20-6-9-30(37)25-15-17-26(33)18-16-25/h3-5,7-8,10-11,13-18,21-22,30H,6,9,12,19-20H2,1-2H3,(H,36,38)/t30-/m0/s1. The van der Waals surface area contributed by atoms with Gasteiger partial charge in [0.15, 0.2) is 0 Å². The van der Waals surface area contributed by atoms with Crippen LogP contribution < -0.4 is 9.62 Å². The lowest BCUT2D eigenvalue weighted by Gasteiger charge is -2.26. The molecule has 1 aromatic heterocycles. The molecule has 0 unspecified atom stereocenters. The second kappa shape index (κ2) is 12.4. The number of carbonyl (C=O) groups is 1. The average Bonchev–Trinajstić information content (AvgIpc) is 3.47. The molecule has 7 nitrogen and oxygen atoms in total. The molecular formula is C32H33ClN4O3S.